The third kappa shape index (κ3) is 4.13. The number of aliphatic hydroxyl groups excluding tert-OH is 1. The molecule has 0 spiro atoms. The van der Waals surface area contributed by atoms with E-state index in [0.29, 0.717) is 19.6 Å². The minimum absolute atomic E-state index is 0.0926. The van der Waals surface area contributed by atoms with Crippen LogP contribution in [0.3, 0.4) is 0 Å². The predicted molar refractivity (Wildman–Crippen MR) is 86.2 cm³/mol. The molecule has 1 fully saturated rings. The lowest BCUT2D eigenvalue weighted by molar-refractivity contribution is 0.0436. The second kappa shape index (κ2) is 7.49. The Morgan fingerprint density at radius 3 is 2.95 bits per heavy atom. The second-order valence-electron chi connectivity index (χ2n) is 6.07. The van der Waals surface area contributed by atoms with Crippen molar-refractivity contribution in [1.82, 2.24) is 10.2 Å². The number of methoxy groups -OCH3 is 1. The van der Waals surface area contributed by atoms with E-state index in [1.165, 1.54) is 0 Å². The van der Waals surface area contributed by atoms with Gasteiger partial charge in [-0.25, -0.2) is 4.79 Å². The number of likely N-dealkylation sites (tertiary alicyclic amines) is 1. The van der Waals surface area contributed by atoms with Gasteiger partial charge in [0, 0.05) is 19.6 Å². The highest BCUT2D eigenvalue weighted by molar-refractivity contribution is 5.74. The maximum atomic E-state index is 12.1. The number of aryl methyl sites for hydroxylation is 1. The molecule has 22 heavy (non-hydrogen) atoms. The number of rotatable bonds is 4. The van der Waals surface area contributed by atoms with Gasteiger partial charge in [0.05, 0.1) is 13.2 Å². The monoisotopic (exact) mass is 306 g/mol. The summed E-state index contributed by atoms with van der Waals surface area (Å²) in [6.07, 6.45) is 1.19. The summed E-state index contributed by atoms with van der Waals surface area (Å²) in [5.41, 5.74) is 2.24. The summed E-state index contributed by atoms with van der Waals surface area (Å²) >= 11 is 0. The Morgan fingerprint density at radius 2 is 2.27 bits per heavy atom. The van der Waals surface area contributed by atoms with E-state index in [1.807, 2.05) is 26.0 Å². The molecule has 0 bridgehead atoms. The number of amides is 2. The molecule has 0 radical (unpaired) electrons. The number of hydrogen-bond donors (Lipinski definition) is 2. The van der Waals surface area contributed by atoms with Crippen LogP contribution in [0.1, 0.15) is 24.5 Å². The van der Waals surface area contributed by atoms with Crippen molar-refractivity contribution in [1.29, 1.82) is 0 Å². The van der Waals surface area contributed by atoms with Crippen molar-refractivity contribution in [3.63, 3.8) is 0 Å². The topological polar surface area (TPSA) is 61.8 Å². The summed E-state index contributed by atoms with van der Waals surface area (Å²) in [5, 5.41) is 12.8. The van der Waals surface area contributed by atoms with Crippen LogP contribution in [0.25, 0.3) is 0 Å². The molecule has 1 aliphatic rings. The zero-order valence-electron chi connectivity index (χ0n) is 13.6. The van der Waals surface area contributed by atoms with Gasteiger partial charge in [-0.2, -0.15) is 0 Å². The lowest BCUT2D eigenvalue weighted by Gasteiger charge is -2.34. The minimum atomic E-state index is -0.416. The van der Waals surface area contributed by atoms with Crippen molar-refractivity contribution in [3.05, 3.63) is 29.3 Å². The lowest BCUT2D eigenvalue weighted by Crippen LogP contribution is -2.49. The number of ether oxygens (including phenoxy) is 1. The molecule has 1 aromatic rings. The molecule has 0 aliphatic carbocycles. The molecule has 5 nitrogen and oxygen atoms in total. The van der Waals surface area contributed by atoms with E-state index in [9.17, 15) is 9.90 Å². The number of hydrogen-bond acceptors (Lipinski definition) is 3. The second-order valence-corrected chi connectivity index (χ2v) is 6.07. The molecule has 1 aliphatic heterocycles. The maximum Gasteiger partial charge on any atom is 0.317 e. The van der Waals surface area contributed by atoms with E-state index in [1.54, 1.807) is 12.0 Å². The highest BCUT2D eigenvalue weighted by Gasteiger charge is 2.26. The van der Waals surface area contributed by atoms with E-state index >= 15 is 0 Å². The number of nitrogens with one attached hydrogen (secondary N) is 1. The fraction of sp³-hybridized carbons (Fsp3) is 0.588. The number of benzene rings is 1. The van der Waals surface area contributed by atoms with Gasteiger partial charge >= 0.3 is 6.03 Å². The number of carbonyl (C=O) groups is 1. The van der Waals surface area contributed by atoms with Crippen LogP contribution in [0.15, 0.2) is 18.2 Å². The van der Waals surface area contributed by atoms with Gasteiger partial charge in [-0.3, -0.25) is 0 Å². The van der Waals surface area contributed by atoms with Gasteiger partial charge < -0.3 is 20.1 Å². The molecule has 1 saturated heterocycles. The average molecular weight is 306 g/mol. The first-order valence-electron chi connectivity index (χ1n) is 7.85. The number of aliphatic hydroxyl groups is 1. The van der Waals surface area contributed by atoms with Crippen LogP contribution in [0.5, 0.6) is 5.75 Å². The third-order valence-electron chi connectivity index (χ3n) is 4.37. The molecule has 2 N–H and O–H groups in total. The first-order chi connectivity index (χ1) is 10.5. The molecule has 1 heterocycles. The Balaban J connectivity index is 1.80. The van der Waals surface area contributed by atoms with Gasteiger partial charge in [0.25, 0.3) is 0 Å². The Hall–Kier alpha value is -1.75. The molecule has 0 aromatic heterocycles. The zero-order chi connectivity index (χ0) is 16.1. The van der Waals surface area contributed by atoms with E-state index in [2.05, 4.69) is 11.4 Å². The van der Waals surface area contributed by atoms with Crippen LogP contribution in [-0.2, 0) is 6.42 Å². The summed E-state index contributed by atoms with van der Waals surface area (Å²) in [5.74, 6) is 1.14. The number of carbonyl (C=O) groups excluding carboxylic acids is 1. The van der Waals surface area contributed by atoms with Gasteiger partial charge in [0.15, 0.2) is 0 Å². The molecule has 122 valence electrons. The lowest BCUT2D eigenvalue weighted by atomic mass is 9.96. The largest absolute Gasteiger partial charge is 0.496 e. The van der Waals surface area contributed by atoms with Gasteiger partial charge in [0.1, 0.15) is 5.75 Å². The van der Waals surface area contributed by atoms with Crippen molar-refractivity contribution in [2.75, 3.05) is 26.7 Å². The van der Waals surface area contributed by atoms with E-state index < -0.39 is 6.10 Å². The molecule has 0 saturated carbocycles. The van der Waals surface area contributed by atoms with E-state index in [-0.39, 0.29) is 11.9 Å². The van der Waals surface area contributed by atoms with Crippen LogP contribution >= 0.6 is 0 Å². The maximum absolute atomic E-state index is 12.1. The highest BCUT2D eigenvalue weighted by atomic mass is 16.5. The zero-order valence-corrected chi connectivity index (χ0v) is 13.6. The van der Waals surface area contributed by atoms with Crippen molar-refractivity contribution in [2.24, 2.45) is 5.92 Å². The Kier molecular flexibility index (Phi) is 5.66. The number of nitrogens with zero attached hydrogens (tertiary/aromatic N) is 1. The summed E-state index contributed by atoms with van der Waals surface area (Å²) in [4.78, 5) is 13.8. The first kappa shape index (κ1) is 16.6. The average Bonchev–Trinajstić information content (AvgIpc) is 2.51. The SMILES string of the molecule is COc1cc(CCNC(=O)N2CCC(C)C(O)C2)ccc1C. The number of β-amino-alcohol motifs (C(OH)–C–C–N with tert-alkyl or cyclic N) is 1. The van der Waals surface area contributed by atoms with Gasteiger partial charge in [-0.1, -0.05) is 19.1 Å². The van der Waals surface area contributed by atoms with Crippen molar-refractivity contribution < 1.29 is 14.6 Å². The third-order valence-corrected chi connectivity index (χ3v) is 4.37. The quantitative estimate of drug-likeness (QED) is 0.894. The molecular weight excluding hydrogens is 280 g/mol. The number of urea groups is 1. The standard InChI is InChI=1S/C17H26N2O3/c1-12-7-9-19(11-15(12)20)17(21)18-8-6-14-5-4-13(2)16(10-14)22-3/h4-5,10,12,15,20H,6-9,11H2,1-3H3,(H,18,21). The van der Waals surface area contributed by atoms with Crippen molar-refractivity contribution in [2.45, 2.75) is 32.8 Å². The van der Waals surface area contributed by atoms with E-state index in [0.717, 1.165) is 29.7 Å². The first-order valence-corrected chi connectivity index (χ1v) is 7.85. The summed E-state index contributed by atoms with van der Waals surface area (Å²) in [6, 6.07) is 5.99. The Labute approximate surface area is 132 Å². The fourth-order valence-electron chi connectivity index (χ4n) is 2.68. The minimum Gasteiger partial charge on any atom is -0.496 e. The molecule has 5 heteroatoms. The fourth-order valence-corrected chi connectivity index (χ4v) is 2.68. The van der Waals surface area contributed by atoms with Gasteiger partial charge in [0.2, 0.25) is 0 Å². The number of piperidine rings is 1. The molecule has 2 amide bonds. The molecule has 2 unspecified atom stereocenters. The Bertz CT molecular complexity index is 519. The normalized spacial score (nSPS) is 21.5. The molecule has 2 atom stereocenters. The van der Waals surface area contributed by atoms with Crippen LogP contribution < -0.4 is 10.1 Å². The van der Waals surface area contributed by atoms with Crippen LogP contribution in [0.4, 0.5) is 4.79 Å². The highest BCUT2D eigenvalue weighted by Crippen LogP contribution is 2.19. The van der Waals surface area contributed by atoms with Crippen LogP contribution in [-0.4, -0.2) is 48.9 Å². The van der Waals surface area contributed by atoms with E-state index in [4.69, 9.17) is 4.74 Å². The smallest absolute Gasteiger partial charge is 0.317 e. The predicted octanol–water partition coefficient (Wildman–Crippen LogP) is 1.96. The molecule has 2 rings (SSSR count). The molecular formula is C17H26N2O3. The summed E-state index contributed by atoms with van der Waals surface area (Å²) < 4.78 is 5.31. The van der Waals surface area contributed by atoms with Crippen molar-refractivity contribution >= 4 is 6.03 Å². The van der Waals surface area contributed by atoms with Gasteiger partial charge in [-0.15, -0.1) is 0 Å². The Morgan fingerprint density at radius 1 is 1.50 bits per heavy atom. The summed E-state index contributed by atoms with van der Waals surface area (Å²) in [6.45, 7) is 5.73. The van der Waals surface area contributed by atoms with Crippen LogP contribution in [0.2, 0.25) is 0 Å². The summed E-state index contributed by atoms with van der Waals surface area (Å²) in [7, 11) is 1.66. The molecule has 1 aromatic carbocycles. The van der Waals surface area contributed by atoms with Gasteiger partial charge in [-0.05, 0) is 42.9 Å². The van der Waals surface area contributed by atoms with Crippen molar-refractivity contribution in [3.8, 4) is 5.75 Å². The van der Waals surface area contributed by atoms with Crippen LogP contribution in [0, 0.1) is 12.8 Å².